The molecule has 0 spiro atoms. The number of methoxy groups -OCH3 is 2. The number of ether oxygens (including phenoxy) is 2. The highest BCUT2D eigenvalue weighted by atomic mass is 35.5. The number of nitrogens with one attached hydrogen (secondary N) is 1. The van der Waals surface area contributed by atoms with Crippen LogP contribution < -0.4 is 14.8 Å². The summed E-state index contributed by atoms with van der Waals surface area (Å²) in [4.78, 5) is 30.4. The molecule has 0 aromatic heterocycles. The number of halogens is 1. The fourth-order valence-corrected chi connectivity index (χ4v) is 5.37. The first-order valence-corrected chi connectivity index (χ1v) is 14.6. The zero-order valence-corrected chi connectivity index (χ0v) is 25.0. The van der Waals surface area contributed by atoms with Crippen LogP contribution in [0.1, 0.15) is 59.7 Å². The third-order valence-electron chi connectivity index (χ3n) is 7.57. The van der Waals surface area contributed by atoms with Gasteiger partial charge in [-0.15, -0.1) is 0 Å². The van der Waals surface area contributed by atoms with E-state index in [2.05, 4.69) is 27.2 Å². The van der Waals surface area contributed by atoms with Crippen molar-refractivity contribution in [2.24, 2.45) is 0 Å². The molecule has 0 bridgehead atoms. The summed E-state index contributed by atoms with van der Waals surface area (Å²) in [6, 6.07) is 21.4. The third-order valence-corrected chi connectivity index (χ3v) is 7.82. The van der Waals surface area contributed by atoms with Gasteiger partial charge in [0.15, 0.2) is 11.5 Å². The molecular formula is C33H40ClN3O4. The van der Waals surface area contributed by atoms with Crippen molar-refractivity contribution in [1.82, 2.24) is 15.1 Å². The van der Waals surface area contributed by atoms with Crippen molar-refractivity contribution in [1.29, 1.82) is 0 Å². The molecule has 0 aliphatic carbocycles. The Morgan fingerprint density at radius 1 is 0.902 bits per heavy atom. The van der Waals surface area contributed by atoms with E-state index < -0.39 is 0 Å². The maximum Gasteiger partial charge on any atom is 0.251 e. The predicted octanol–water partition coefficient (Wildman–Crippen LogP) is 6.08. The van der Waals surface area contributed by atoms with Gasteiger partial charge in [0.25, 0.3) is 5.91 Å². The first kappa shape index (κ1) is 30.4. The second-order valence-electron chi connectivity index (χ2n) is 10.5. The molecule has 218 valence electrons. The number of carbonyl (C=O) groups is 2. The van der Waals surface area contributed by atoms with Crippen molar-refractivity contribution in [2.75, 3.05) is 27.3 Å². The Kier molecular flexibility index (Phi) is 11.0. The minimum Gasteiger partial charge on any atom is -0.493 e. The first-order valence-electron chi connectivity index (χ1n) is 14.2. The molecule has 1 N–H and O–H groups in total. The topological polar surface area (TPSA) is 71.1 Å². The highest BCUT2D eigenvalue weighted by Crippen LogP contribution is 2.27. The number of nitrogens with zero attached hydrogens (tertiary/aromatic N) is 2. The lowest BCUT2D eigenvalue weighted by Crippen LogP contribution is -2.46. The monoisotopic (exact) mass is 577 g/mol. The minimum atomic E-state index is -0.154. The standard InChI is InChI=1S/C33H40ClN3O4/c1-4-5-32(38)37(29-16-18-36(19-17-29)22-24-8-13-28(34)14-9-24)23-25-6-11-27(12-7-25)33(39)35-21-26-10-15-30(40-2)31(20-26)41-3/h6-15,20,29H,4-5,16-19,21-23H2,1-3H3,(H,35,39). The number of hydrogen-bond donors (Lipinski definition) is 1. The van der Waals surface area contributed by atoms with Crippen LogP contribution in [0.25, 0.3) is 0 Å². The molecular weight excluding hydrogens is 538 g/mol. The summed E-state index contributed by atoms with van der Waals surface area (Å²) in [7, 11) is 3.18. The zero-order valence-electron chi connectivity index (χ0n) is 24.2. The Morgan fingerprint density at radius 2 is 1.54 bits per heavy atom. The SMILES string of the molecule is CCCC(=O)N(Cc1ccc(C(=O)NCc2ccc(OC)c(OC)c2)cc1)C1CCN(Cc2ccc(Cl)cc2)CC1. The largest absolute Gasteiger partial charge is 0.493 e. The second-order valence-corrected chi connectivity index (χ2v) is 10.9. The molecule has 1 aliphatic rings. The summed E-state index contributed by atoms with van der Waals surface area (Å²) in [5, 5.41) is 3.71. The number of piperidine rings is 1. The van der Waals surface area contributed by atoms with E-state index in [1.165, 1.54) is 5.56 Å². The fourth-order valence-electron chi connectivity index (χ4n) is 5.25. The van der Waals surface area contributed by atoms with Gasteiger partial charge in [0.1, 0.15) is 0 Å². The summed E-state index contributed by atoms with van der Waals surface area (Å²) < 4.78 is 10.6. The summed E-state index contributed by atoms with van der Waals surface area (Å²) >= 11 is 6.03. The number of amides is 2. The Bertz CT molecular complexity index is 1290. The molecule has 3 aromatic rings. The lowest BCUT2D eigenvalue weighted by Gasteiger charge is -2.39. The van der Waals surface area contributed by atoms with E-state index >= 15 is 0 Å². The maximum atomic E-state index is 13.2. The van der Waals surface area contributed by atoms with Crippen LogP contribution >= 0.6 is 11.6 Å². The molecule has 3 aromatic carbocycles. The van der Waals surface area contributed by atoms with Crippen LogP contribution in [0.15, 0.2) is 66.7 Å². The van der Waals surface area contributed by atoms with Gasteiger partial charge in [-0.3, -0.25) is 14.5 Å². The molecule has 0 atom stereocenters. The van der Waals surface area contributed by atoms with E-state index in [1.54, 1.807) is 14.2 Å². The Labute approximate surface area is 248 Å². The lowest BCUT2D eigenvalue weighted by molar-refractivity contribution is -0.135. The van der Waals surface area contributed by atoms with E-state index in [-0.39, 0.29) is 17.9 Å². The highest BCUT2D eigenvalue weighted by Gasteiger charge is 2.27. The molecule has 8 heteroatoms. The molecule has 7 nitrogen and oxygen atoms in total. The van der Waals surface area contributed by atoms with Crippen molar-refractivity contribution in [3.63, 3.8) is 0 Å². The van der Waals surface area contributed by atoms with Crippen LogP contribution in [-0.2, 0) is 24.4 Å². The summed E-state index contributed by atoms with van der Waals surface area (Å²) in [5.74, 6) is 1.31. The number of hydrogen-bond acceptors (Lipinski definition) is 5. The molecule has 41 heavy (non-hydrogen) atoms. The lowest BCUT2D eigenvalue weighted by atomic mass is 10.0. The number of benzene rings is 3. The third kappa shape index (κ3) is 8.47. The van der Waals surface area contributed by atoms with Crippen LogP contribution in [0.2, 0.25) is 5.02 Å². The average molecular weight is 578 g/mol. The van der Waals surface area contributed by atoms with Gasteiger partial charge in [-0.2, -0.15) is 0 Å². The van der Waals surface area contributed by atoms with Crippen molar-refractivity contribution in [3.8, 4) is 11.5 Å². The minimum absolute atomic E-state index is 0.154. The summed E-state index contributed by atoms with van der Waals surface area (Å²) in [6.45, 7) is 5.75. The van der Waals surface area contributed by atoms with Crippen LogP contribution in [0, 0.1) is 0 Å². The van der Waals surface area contributed by atoms with Crippen molar-refractivity contribution in [3.05, 3.63) is 94.0 Å². The first-order chi connectivity index (χ1) is 19.9. The molecule has 2 amide bonds. The van der Waals surface area contributed by atoms with Gasteiger partial charge in [-0.25, -0.2) is 0 Å². The molecule has 4 rings (SSSR count). The average Bonchev–Trinajstić information content (AvgIpc) is 3.00. The number of likely N-dealkylation sites (tertiary alicyclic amines) is 1. The second kappa shape index (κ2) is 14.9. The van der Waals surface area contributed by atoms with Gasteiger partial charge < -0.3 is 19.7 Å². The van der Waals surface area contributed by atoms with E-state index in [4.69, 9.17) is 21.1 Å². The van der Waals surface area contributed by atoms with Crippen molar-refractivity contribution >= 4 is 23.4 Å². The van der Waals surface area contributed by atoms with Gasteiger partial charge in [0, 0.05) is 55.8 Å². The van der Waals surface area contributed by atoms with Crippen LogP contribution in [-0.4, -0.2) is 55.0 Å². The summed E-state index contributed by atoms with van der Waals surface area (Å²) in [5.41, 5.74) is 3.77. The van der Waals surface area contributed by atoms with E-state index in [1.807, 2.05) is 61.5 Å². The van der Waals surface area contributed by atoms with Crippen molar-refractivity contribution in [2.45, 2.75) is 58.3 Å². The van der Waals surface area contributed by atoms with Crippen LogP contribution in [0.5, 0.6) is 11.5 Å². The smallest absolute Gasteiger partial charge is 0.251 e. The van der Waals surface area contributed by atoms with Crippen LogP contribution in [0.3, 0.4) is 0 Å². The predicted molar refractivity (Wildman–Crippen MR) is 162 cm³/mol. The van der Waals surface area contributed by atoms with Gasteiger partial charge in [0.2, 0.25) is 5.91 Å². The Balaban J connectivity index is 1.33. The Morgan fingerprint density at radius 3 is 2.17 bits per heavy atom. The maximum absolute atomic E-state index is 13.2. The van der Waals surface area contributed by atoms with Gasteiger partial charge >= 0.3 is 0 Å². The highest BCUT2D eigenvalue weighted by molar-refractivity contribution is 6.30. The normalized spacial score (nSPS) is 14.0. The van der Waals surface area contributed by atoms with E-state index in [0.717, 1.165) is 55.0 Å². The van der Waals surface area contributed by atoms with Gasteiger partial charge in [-0.05, 0) is 72.4 Å². The van der Waals surface area contributed by atoms with Gasteiger partial charge in [-0.1, -0.05) is 48.9 Å². The Hall–Kier alpha value is -3.55. The van der Waals surface area contributed by atoms with Crippen molar-refractivity contribution < 1.29 is 19.1 Å². The fraction of sp³-hybridized carbons (Fsp3) is 0.394. The molecule has 0 saturated carbocycles. The quantitative estimate of drug-likeness (QED) is 0.282. The molecule has 1 saturated heterocycles. The van der Waals surface area contributed by atoms with E-state index in [0.29, 0.717) is 36.6 Å². The molecule has 1 aliphatic heterocycles. The summed E-state index contributed by atoms with van der Waals surface area (Å²) in [6.07, 6.45) is 3.25. The number of carbonyl (C=O) groups excluding carboxylic acids is 2. The molecule has 1 heterocycles. The van der Waals surface area contributed by atoms with Crippen LogP contribution in [0.4, 0.5) is 0 Å². The molecule has 0 unspecified atom stereocenters. The molecule has 0 radical (unpaired) electrons. The molecule has 1 fully saturated rings. The zero-order chi connectivity index (χ0) is 29.2. The van der Waals surface area contributed by atoms with E-state index in [9.17, 15) is 9.59 Å². The van der Waals surface area contributed by atoms with Gasteiger partial charge in [0.05, 0.1) is 14.2 Å². The number of rotatable bonds is 12.